The van der Waals surface area contributed by atoms with Crippen LogP contribution < -0.4 is 5.43 Å². The zero-order valence-electron chi connectivity index (χ0n) is 10.9. The molecule has 0 aromatic heterocycles. The smallest absolute Gasteiger partial charge is 0.271 e. The van der Waals surface area contributed by atoms with Crippen molar-refractivity contribution in [2.24, 2.45) is 11.0 Å². The summed E-state index contributed by atoms with van der Waals surface area (Å²) in [6.45, 7) is 2.17. The van der Waals surface area contributed by atoms with Crippen molar-refractivity contribution in [3.05, 3.63) is 23.8 Å². The third-order valence-corrected chi connectivity index (χ3v) is 3.23. The maximum Gasteiger partial charge on any atom is 0.271 e. The number of aromatic hydroxyl groups is 2. The van der Waals surface area contributed by atoms with E-state index in [1.807, 2.05) is 0 Å². The highest BCUT2D eigenvalue weighted by Crippen LogP contribution is 2.22. The Kier molecular flexibility index (Phi) is 4.04. The molecule has 5 nitrogen and oxygen atoms in total. The lowest BCUT2D eigenvalue weighted by atomic mass is 9.89. The topological polar surface area (TPSA) is 81.9 Å². The number of carbonyl (C=O) groups is 1. The zero-order chi connectivity index (χ0) is 13.8. The van der Waals surface area contributed by atoms with Gasteiger partial charge in [0.2, 0.25) is 0 Å². The molecule has 5 heteroatoms. The number of hydrogen-bond donors (Lipinski definition) is 3. The molecule has 0 bridgehead atoms. The predicted molar refractivity (Wildman–Crippen MR) is 72.3 cm³/mol. The van der Waals surface area contributed by atoms with Crippen LogP contribution in [-0.2, 0) is 0 Å². The minimum Gasteiger partial charge on any atom is -0.508 e. The van der Waals surface area contributed by atoms with Crippen LogP contribution in [-0.4, -0.2) is 21.8 Å². The number of hydrazone groups is 1. The van der Waals surface area contributed by atoms with E-state index in [0.29, 0.717) is 5.92 Å². The zero-order valence-corrected chi connectivity index (χ0v) is 10.9. The summed E-state index contributed by atoms with van der Waals surface area (Å²) in [7, 11) is 0. The van der Waals surface area contributed by atoms with Gasteiger partial charge in [-0.15, -0.1) is 0 Å². The number of phenols is 2. The van der Waals surface area contributed by atoms with Crippen molar-refractivity contribution in [3.63, 3.8) is 0 Å². The highest BCUT2D eigenvalue weighted by Gasteiger charge is 2.14. The van der Waals surface area contributed by atoms with E-state index in [1.165, 1.54) is 24.6 Å². The highest BCUT2D eigenvalue weighted by molar-refractivity contribution is 5.96. The van der Waals surface area contributed by atoms with Gasteiger partial charge in [0, 0.05) is 17.3 Å². The minimum absolute atomic E-state index is 0.149. The quantitative estimate of drug-likeness (QED) is 0.716. The van der Waals surface area contributed by atoms with Gasteiger partial charge in [0.15, 0.2) is 0 Å². The van der Waals surface area contributed by atoms with Gasteiger partial charge in [-0.05, 0) is 43.7 Å². The van der Waals surface area contributed by atoms with E-state index in [9.17, 15) is 15.0 Å². The SMILES string of the molecule is CC1CCCC(=NNC(=O)c2cc(O)cc(O)c2)C1. The van der Waals surface area contributed by atoms with Gasteiger partial charge in [0.25, 0.3) is 5.91 Å². The summed E-state index contributed by atoms with van der Waals surface area (Å²) in [5, 5.41) is 22.8. The van der Waals surface area contributed by atoms with E-state index >= 15 is 0 Å². The van der Waals surface area contributed by atoms with Crippen molar-refractivity contribution in [3.8, 4) is 11.5 Å². The van der Waals surface area contributed by atoms with Crippen LogP contribution in [0.2, 0.25) is 0 Å². The van der Waals surface area contributed by atoms with Gasteiger partial charge < -0.3 is 10.2 Å². The van der Waals surface area contributed by atoms with Crippen LogP contribution in [0.15, 0.2) is 23.3 Å². The van der Waals surface area contributed by atoms with E-state index < -0.39 is 5.91 Å². The average Bonchev–Trinajstić information content (AvgIpc) is 2.35. The fourth-order valence-electron chi connectivity index (χ4n) is 2.28. The maximum absolute atomic E-state index is 11.8. The van der Waals surface area contributed by atoms with Crippen LogP contribution in [0.1, 0.15) is 43.0 Å². The molecule has 1 unspecified atom stereocenters. The first-order chi connectivity index (χ1) is 9.04. The van der Waals surface area contributed by atoms with Crippen molar-refractivity contribution >= 4 is 11.6 Å². The Labute approximate surface area is 112 Å². The summed E-state index contributed by atoms with van der Waals surface area (Å²) in [6.07, 6.45) is 4.12. The largest absolute Gasteiger partial charge is 0.508 e. The number of hydrogen-bond acceptors (Lipinski definition) is 4. The predicted octanol–water partition coefficient (Wildman–Crippen LogP) is 2.39. The maximum atomic E-state index is 11.8. The molecule has 1 atom stereocenters. The lowest BCUT2D eigenvalue weighted by Crippen LogP contribution is -2.22. The first-order valence-corrected chi connectivity index (χ1v) is 6.43. The number of amides is 1. The lowest BCUT2D eigenvalue weighted by molar-refractivity contribution is 0.0953. The van der Waals surface area contributed by atoms with Crippen LogP contribution in [0.3, 0.4) is 0 Å². The van der Waals surface area contributed by atoms with Crippen molar-refractivity contribution in [2.45, 2.75) is 32.6 Å². The molecule has 0 spiro atoms. The molecule has 19 heavy (non-hydrogen) atoms. The van der Waals surface area contributed by atoms with E-state index in [1.54, 1.807) is 0 Å². The highest BCUT2D eigenvalue weighted by atomic mass is 16.3. The Hall–Kier alpha value is -2.04. The number of benzene rings is 1. The Bertz CT molecular complexity index is 491. The van der Waals surface area contributed by atoms with Gasteiger partial charge in [0.1, 0.15) is 11.5 Å². The molecular weight excluding hydrogens is 244 g/mol. The number of rotatable bonds is 2. The number of carbonyl (C=O) groups excluding carboxylic acids is 1. The summed E-state index contributed by atoms with van der Waals surface area (Å²) in [5.74, 6) is -0.126. The molecule has 1 aromatic rings. The normalized spacial score (nSPS) is 21.3. The summed E-state index contributed by atoms with van der Waals surface area (Å²) in [4.78, 5) is 11.8. The Morgan fingerprint density at radius 2 is 2.00 bits per heavy atom. The van der Waals surface area contributed by atoms with Crippen LogP contribution in [0.25, 0.3) is 0 Å². The van der Waals surface area contributed by atoms with Crippen molar-refractivity contribution in [1.82, 2.24) is 5.43 Å². The number of nitrogens with one attached hydrogen (secondary N) is 1. The van der Waals surface area contributed by atoms with Crippen LogP contribution in [0, 0.1) is 5.92 Å². The number of nitrogens with zero attached hydrogens (tertiary/aromatic N) is 1. The molecule has 102 valence electrons. The molecule has 1 aliphatic rings. The molecule has 1 fully saturated rings. The van der Waals surface area contributed by atoms with Gasteiger partial charge >= 0.3 is 0 Å². The molecule has 0 heterocycles. The van der Waals surface area contributed by atoms with Crippen molar-refractivity contribution < 1.29 is 15.0 Å². The van der Waals surface area contributed by atoms with Gasteiger partial charge in [-0.2, -0.15) is 5.10 Å². The molecule has 0 saturated heterocycles. The van der Waals surface area contributed by atoms with E-state index in [0.717, 1.165) is 25.0 Å². The molecule has 1 saturated carbocycles. The molecule has 1 aliphatic carbocycles. The second kappa shape index (κ2) is 5.73. The first-order valence-electron chi connectivity index (χ1n) is 6.43. The van der Waals surface area contributed by atoms with Gasteiger partial charge in [-0.1, -0.05) is 6.92 Å². The van der Waals surface area contributed by atoms with Gasteiger partial charge in [0.05, 0.1) is 0 Å². The van der Waals surface area contributed by atoms with Crippen LogP contribution >= 0.6 is 0 Å². The fraction of sp³-hybridized carbons (Fsp3) is 0.429. The fourth-order valence-corrected chi connectivity index (χ4v) is 2.28. The van der Waals surface area contributed by atoms with E-state index in [4.69, 9.17) is 0 Å². The molecule has 1 amide bonds. The summed E-state index contributed by atoms with van der Waals surface area (Å²) < 4.78 is 0. The molecule has 1 aromatic carbocycles. The van der Waals surface area contributed by atoms with Gasteiger partial charge in [-0.3, -0.25) is 4.79 Å². The van der Waals surface area contributed by atoms with Crippen molar-refractivity contribution in [1.29, 1.82) is 0 Å². The molecular formula is C14H18N2O3. The first kappa shape index (κ1) is 13.4. The second-order valence-corrected chi connectivity index (χ2v) is 5.06. The molecule has 0 aliphatic heterocycles. The average molecular weight is 262 g/mol. The Balaban J connectivity index is 2.02. The molecule has 3 N–H and O–H groups in total. The standard InChI is InChI=1S/C14H18N2O3/c1-9-3-2-4-11(5-9)15-16-14(19)10-6-12(17)8-13(18)7-10/h6-9,17-18H,2-5H2,1H3,(H,16,19). The summed E-state index contributed by atoms with van der Waals surface area (Å²) in [6, 6.07) is 3.75. The van der Waals surface area contributed by atoms with Gasteiger partial charge in [-0.25, -0.2) is 5.43 Å². The van der Waals surface area contributed by atoms with E-state index in [-0.39, 0.29) is 17.1 Å². The monoisotopic (exact) mass is 262 g/mol. The van der Waals surface area contributed by atoms with Crippen LogP contribution in [0.4, 0.5) is 0 Å². The van der Waals surface area contributed by atoms with Crippen molar-refractivity contribution in [2.75, 3.05) is 0 Å². The summed E-state index contributed by atoms with van der Waals surface area (Å²) >= 11 is 0. The van der Waals surface area contributed by atoms with E-state index in [2.05, 4.69) is 17.5 Å². The Morgan fingerprint density at radius 1 is 1.32 bits per heavy atom. The third-order valence-electron chi connectivity index (χ3n) is 3.23. The Morgan fingerprint density at radius 3 is 2.63 bits per heavy atom. The summed E-state index contributed by atoms with van der Waals surface area (Å²) in [5.41, 5.74) is 3.65. The second-order valence-electron chi connectivity index (χ2n) is 5.06. The number of phenolic OH excluding ortho intramolecular Hbond substituents is 2. The lowest BCUT2D eigenvalue weighted by Gasteiger charge is -2.18. The molecule has 2 rings (SSSR count). The van der Waals surface area contributed by atoms with Crippen LogP contribution in [0.5, 0.6) is 11.5 Å². The minimum atomic E-state index is -0.433. The third kappa shape index (κ3) is 3.71. The molecule has 0 radical (unpaired) electrons.